The largest absolute Gasteiger partial charge is 0.469 e. The van der Waals surface area contributed by atoms with E-state index in [1.807, 2.05) is 18.2 Å². The Balaban J connectivity index is 1.92. The van der Waals surface area contributed by atoms with Gasteiger partial charge in [-0.05, 0) is 30.5 Å². The first-order valence-electron chi connectivity index (χ1n) is 6.34. The fourth-order valence-electron chi connectivity index (χ4n) is 2.09. The summed E-state index contributed by atoms with van der Waals surface area (Å²) in [7, 11) is 1.43. The standard InChI is InChI=1S/C14H20N2O2/c1-18-14(17)7-8-16(13-5-6-13)10-11-3-2-4-12(15)9-11/h2-4,9,13H,5-8,10,15H2,1H3. The van der Waals surface area contributed by atoms with Crippen molar-refractivity contribution in [3.63, 3.8) is 0 Å². The van der Waals surface area contributed by atoms with Crippen LogP contribution in [0.3, 0.4) is 0 Å². The first kappa shape index (κ1) is 12.9. The van der Waals surface area contributed by atoms with Crippen LogP contribution in [-0.2, 0) is 16.1 Å². The van der Waals surface area contributed by atoms with Crippen LogP contribution < -0.4 is 5.73 Å². The van der Waals surface area contributed by atoms with E-state index in [0.717, 1.165) is 18.8 Å². The lowest BCUT2D eigenvalue weighted by molar-refractivity contribution is -0.141. The van der Waals surface area contributed by atoms with Crippen molar-refractivity contribution in [2.24, 2.45) is 0 Å². The van der Waals surface area contributed by atoms with Crippen molar-refractivity contribution in [3.05, 3.63) is 29.8 Å². The Bertz CT molecular complexity index is 416. The minimum absolute atomic E-state index is 0.145. The van der Waals surface area contributed by atoms with Gasteiger partial charge in [0.15, 0.2) is 0 Å². The summed E-state index contributed by atoms with van der Waals surface area (Å²) in [5, 5.41) is 0. The normalized spacial score (nSPS) is 14.8. The topological polar surface area (TPSA) is 55.6 Å². The molecule has 1 aliphatic rings. The quantitative estimate of drug-likeness (QED) is 0.616. The van der Waals surface area contributed by atoms with Crippen molar-refractivity contribution in [2.75, 3.05) is 19.4 Å². The van der Waals surface area contributed by atoms with Gasteiger partial charge in [-0.2, -0.15) is 0 Å². The van der Waals surface area contributed by atoms with E-state index in [-0.39, 0.29) is 5.97 Å². The third kappa shape index (κ3) is 3.74. The van der Waals surface area contributed by atoms with Gasteiger partial charge in [0, 0.05) is 24.8 Å². The molecule has 0 radical (unpaired) electrons. The fourth-order valence-corrected chi connectivity index (χ4v) is 2.09. The minimum atomic E-state index is -0.145. The van der Waals surface area contributed by atoms with Gasteiger partial charge in [0.1, 0.15) is 0 Å². The zero-order valence-electron chi connectivity index (χ0n) is 10.8. The van der Waals surface area contributed by atoms with Gasteiger partial charge in [0.2, 0.25) is 0 Å². The Kier molecular flexibility index (Phi) is 4.20. The van der Waals surface area contributed by atoms with Crippen LogP contribution in [0.25, 0.3) is 0 Å². The highest BCUT2D eigenvalue weighted by molar-refractivity contribution is 5.69. The van der Waals surface area contributed by atoms with Crippen LogP contribution in [-0.4, -0.2) is 30.6 Å². The van der Waals surface area contributed by atoms with E-state index in [9.17, 15) is 4.79 Å². The molecule has 1 aromatic rings. The summed E-state index contributed by atoms with van der Waals surface area (Å²) in [4.78, 5) is 13.5. The predicted molar refractivity (Wildman–Crippen MR) is 70.9 cm³/mol. The van der Waals surface area contributed by atoms with Crippen LogP contribution in [0.1, 0.15) is 24.8 Å². The molecule has 2 N–H and O–H groups in total. The molecule has 0 amide bonds. The average Bonchev–Trinajstić information content (AvgIpc) is 3.18. The molecule has 1 aromatic carbocycles. The molecule has 4 nitrogen and oxygen atoms in total. The van der Waals surface area contributed by atoms with E-state index in [2.05, 4.69) is 15.7 Å². The van der Waals surface area contributed by atoms with E-state index < -0.39 is 0 Å². The van der Waals surface area contributed by atoms with Crippen molar-refractivity contribution in [1.82, 2.24) is 4.90 Å². The first-order chi connectivity index (χ1) is 8.69. The molecule has 0 aliphatic heterocycles. The maximum Gasteiger partial charge on any atom is 0.306 e. The Hall–Kier alpha value is -1.55. The summed E-state index contributed by atoms with van der Waals surface area (Å²) >= 11 is 0. The number of ether oxygens (including phenoxy) is 1. The van der Waals surface area contributed by atoms with Crippen molar-refractivity contribution in [1.29, 1.82) is 0 Å². The Morgan fingerprint density at radius 1 is 1.50 bits per heavy atom. The van der Waals surface area contributed by atoms with Crippen molar-refractivity contribution < 1.29 is 9.53 Å². The van der Waals surface area contributed by atoms with Gasteiger partial charge in [-0.15, -0.1) is 0 Å². The number of benzene rings is 1. The Morgan fingerprint density at radius 3 is 2.89 bits per heavy atom. The van der Waals surface area contributed by atoms with Crippen molar-refractivity contribution >= 4 is 11.7 Å². The van der Waals surface area contributed by atoms with Gasteiger partial charge in [-0.3, -0.25) is 9.69 Å². The molecule has 0 spiro atoms. The van der Waals surface area contributed by atoms with Crippen LogP contribution in [0.5, 0.6) is 0 Å². The van der Waals surface area contributed by atoms with Gasteiger partial charge >= 0.3 is 5.97 Å². The molecule has 98 valence electrons. The molecule has 1 fully saturated rings. The van der Waals surface area contributed by atoms with Gasteiger partial charge < -0.3 is 10.5 Å². The second-order valence-corrected chi connectivity index (χ2v) is 4.77. The summed E-state index contributed by atoms with van der Waals surface area (Å²) in [5.41, 5.74) is 7.77. The van der Waals surface area contributed by atoms with E-state index in [0.29, 0.717) is 12.5 Å². The van der Waals surface area contributed by atoms with Crippen LogP contribution in [0.2, 0.25) is 0 Å². The van der Waals surface area contributed by atoms with Crippen LogP contribution in [0.15, 0.2) is 24.3 Å². The fraction of sp³-hybridized carbons (Fsp3) is 0.500. The third-order valence-corrected chi connectivity index (χ3v) is 3.23. The number of nitrogen functional groups attached to an aromatic ring is 1. The lowest BCUT2D eigenvalue weighted by atomic mass is 10.2. The number of anilines is 1. The summed E-state index contributed by atoms with van der Waals surface area (Å²) in [6.07, 6.45) is 2.91. The highest BCUT2D eigenvalue weighted by Gasteiger charge is 2.29. The van der Waals surface area contributed by atoms with E-state index in [1.54, 1.807) is 0 Å². The minimum Gasteiger partial charge on any atom is -0.469 e. The highest BCUT2D eigenvalue weighted by atomic mass is 16.5. The molecular weight excluding hydrogens is 228 g/mol. The number of carbonyl (C=O) groups excluding carboxylic acids is 1. The van der Waals surface area contributed by atoms with Gasteiger partial charge in [0.05, 0.1) is 13.5 Å². The number of esters is 1. The number of hydrogen-bond donors (Lipinski definition) is 1. The number of hydrogen-bond acceptors (Lipinski definition) is 4. The number of nitrogens with zero attached hydrogens (tertiary/aromatic N) is 1. The average molecular weight is 248 g/mol. The number of nitrogens with two attached hydrogens (primary N) is 1. The van der Waals surface area contributed by atoms with Gasteiger partial charge in [0.25, 0.3) is 0 Å². The van der Waals surface area contributed by atoms with Crippen molar-refractivity contribution in [3.8, 4) is 0 Å². The number of rotatable bonds is 6. The summed E-state index contributed by atoms with van der Waals surface area (Å²) in [6, 6.07) is 8.54. The Morgan fingerprint density at radius 2 is 2.28 bits per heavy atom. The second kappa shape index (κ2) is 5.87. The van der Waals surface area contributed by atoms with Gasteiger partial charge in [-0.25, -0.2) is 0 Å². The Labute approximate surface area is 108 Å². The molecular formula is C14H20N2O2. The van der Waals surface area contributed by atoms with E-state index in [4.69, 9.17) is 5.73 Å². The lowest BCUT2D eigenvalue weighted by Gasteiger charge is -2.21. The van der Waals surface area contributed by atoms with E-state index in [1.165, 1.54) is 25.5 Å². The number of carbonyl (C=O) groups is 1. The molecule has 0 bridgehead atoms. The van der Waals surface area contributed by atoms with E-state index >= 15 is 0 Å². The maximum atomic E-state index is 11.2. The predicted octanol–water partition coefficient (Wildman–Crippen LogP) is 1.80. The van der Waals surface area contributed by atoms with Crippen LogP contribution in [0, 0.1) is 0 Å². The molecule has 0 unspecified atom stereocenters. The zero-order valence-corrected chi connectivity index (χ0v) is 10.8. The first-order valence-corrected chi connectivity index (χ1v) is 6.34. The molecule has 0 saturated heterocycles. The van der Waals surface area contributed by atoms with Gasteiger partial charge in [-0.1, -0.05) is 12.1 Å². The second-order valence-electron chi connectivity index (χ2n) is 4.77. The highest BCUT2D eigenvalue weighted by Crippen LogP contribution is 2.28. The lowest BCUT2D eigenvalue weighted by Crippen LogP contribution is -2.28. The molecule has 0 heterocycles. The summed E-state index contributed by atoms with van der Waals surface area (Å²) in [5.74, 6) is -0.145. The van der Waals surface area contributed by atoms with Crippen LogP contribution in [0.4, 0.5) is 5.69 Å². The molecule has 18 heavy (non-hydrogen) atoms. The molecule has 2 rings (SSSR count). The number of methoxy groups -OCH3 is 1. The molecule has 1 aliphatic carbocycles. The smallest absolute Gasteiger partial charge is 0.306 e. The molecule has 1 saturated carbocycles. The third-order valence-electron chi connectivity index (χ3n) is 3.23. The molecule has 0 atom stereocenters. The van der Waals surface area contributed by atoms with Crippen LogP contribution >= 0.6 is 0 Å². The molecule has 4 heteroatoms. The SMILES string of the molecule is COC(=O)CCN(Cc1cccc(N)c1)C1CC1. The monoisotopic (exact) mass is 248 g/mol. The molecule has 0 aromatic heterocycles. The maximum absolute atomic E-state index is 11.2. The summed E-state index contributed by atoms with van der Waals surface area (Å²) in [6.45, 7) is 1.61. The zero-order chi connectivity index (χ0) is 13.0. The van der Waals surface area contributed by atoms with Crippen molar-refractivity contribution in [2.45, 2.75) is 31.8 Å². The summed E-state index contributed by atoms with van der Waals surface area (Å²) < 4.78 is 4.68.